The molecule has 1 saturated heterocycles. The Kier molecular flexibility index (Phi) is 4.55. The van der Waals surface area contributed by atoms with E-state index in [0.29, 0.717) is 0 Å². The van der Waals surface area contributed by atoms with Gasteiger partial charge < -0.3 is 15.4 Å². The molecule has 1 aromatic rings. The third-order valence-electron chi connectivity index (χ3n) is 3.48. The maximum Gasteiger partial charge on any atom is 0.123 e. The summed E-state index contributed by atoms with van der Waals surface area (Å²) in [6.07, 6.45) is 3.06. The van der Waals surface area contributed by atoms with Crippen LogP contribution in [0.3, 0.4) is 0 Å². The summed E-state index contributed by atoms with van der Waals surface area (Å²) < 4.78 is 18.5. The number of nitrogens with two attached hydrogens (primary N) is 1. The molecule has 0 aliphatic carbocycles. The van der Waals surface area contributed by atoms with Gasteiger partial charge in [-0.05, 0) is 49.6 Å². The van der Waals surface area contributed by atoms with Gasteiger partial charge in [-0.15, -0.1) is 0 Å². The topological polar surface area (TPSA) is 38.5 Å². The molecule has 0 bridgehead atoms. The van der Waals surface area contributed by atoms with Crippen LogP contribution >= 0.6 is 0 Å². The average molecular weight is 252 g/mol. The lowest BCUT2D eigenvalue weighted by molar-refractivity contribution is 0.211. The summed E-state index contributed by atoms with van der Waals surface area (Å²) in [7, 11) is 1.62. The van der Waals surface area contributed by atoms with Crippen LogP contribution in [0.4, 0.5) is 4.39 Å². The Morgan fingerprint density at radius 1 is 1.50 bits per heavy atom. The zero-order chi connectivity index (χ0) is 13.0. The number of ether oxygens (including phenoxy) is 1. The summed E-state index contributed by atoms with van der Waals surface area (Å²) in [5.41, 5.74) is 6.88. The molecule has 0 spiro atoms. The lowest BCUT2D eigenvalue weighted by Gasteiger charge is -2.30. The molecule has 1 heterocycles. The number of rotatable bonds is 4. The van der Waals surface area contributed by atoms with Crippen LogP contribution in [0.25, 0.3) is 0 Å². The van der Waals surface area contributed by atoms with E-state index in [1.807, 2.05) is 0 Å². The lowest BCUT2D eigenvalue weighted by Crippen LogP contribution is -2.43. The Hall–Kier alpha value is -1.13. The van der Waals surface area contributed by atoms with E-state index in [-0.39, 0.29) is 11.9 Å². The first-order chi connectivity index (χ1) is 8.69. The zero-order valence-corrected chi connectivity index (χ0v) is 10.9. The smallest absolute Gasteiger partial charge is 0.123 e. The van der Waals surface area contributed by atoms with E-state index in [1.165, 1.54) is 6.07 Å². The van der Waals surface area contributed by atoms with Gasteiger partial charge in [-0.25, -0.2) is 4.39 Å². The molecule has 0 saturated carbocycles. The van der Waals surface area contributed by atoms with Crippen molar-refractivity contribution in [1.29, 1.82) is 0 Å². The van der Waals surface area contributed by atoms with Crippen molar-refractivity contribution in [2.45, 2.75) is 25.3 Å². The maximum absolute atomic E-state index is 13.2. The summed E-state index contributed by atoms with van der Waals surface area (Å²) in [5, 5.41) is 0. The standard InChI is InChI=1S/C14H21FN2O/c1-18-14-5-4-12(15)9-11(14)6-8-17-7-2-3-13(16)10-17/h4-5,9,13H,2-3,6-8,10,16H2,1H3. The first kappa shape index (κ1) is 13.3. The lowest BCUT2D eigenvalue weighted by atomic mass is 10.1. The summed E-state index contributed by atoms with van der Waals surface area (Å²) in [6, 6.07) is 4.96. The molecule has 1 atom stereocenters. The van der Waals surface area contributed by atoms with Crippen molar-refractivity contribution >= 4 is 0 Å². The summed E-state index contributed by atoms with van der Waals surface area (Å²) in [6.45, 7) is 2.94. The van der Waals surface area contributed by atoms with E-state index >= 15 is 0 Å². The molecule has 1 aliphatic rings. The zero-order valence-electron chi connectivity index (χ0n) is 10.9. The van der Waals surface area contributed by atoms with Crippen molar-refractivity contribution in [3.05, 3.63) is 29.6 Å². The van der Waals surface area contributed by atoms with Gasteiger partial charge in [-0.1, -0.05) is 0 Å². The minimum Gasteiger partial charge on any atom is -0.496 e. The first-order valence-corrected chi connectivity index (χ1v) is 6.49. The monoisotopic (exact) mass is 252 g/mol. The Balaban J connectivity index is 1.94. The number of likely N-dealkylation sites (tertiary alicyclic amines) is 1. The number of nitrogens with zero attached hydrogens (tertiary/aromatic N) is 1. The molecular weight excluding hydrogens is 231 g/mol. The van der Waals surface area contributed by atoms with Gasteiger partial charge in [0.1, 0.15) is 11.6 Å². The Morgan fingerprint density at radius 2 is 2.33 bits per heavy atom. The van der Waals surface area contributed by atoms with Gasteiger partial charge in [-0.2, -0.15) is 0 Å². The van der Waals surface area contributed by atoms with E-state index in [4.69, 9.17) is 10.5 Å². The molecule has 2 rings (SSSR count). The summed E-state index contributed by atoms with van der Waals surface area (Å²) in [5.74, 6) is 0.554. The average Bonchev–Trinajstić information content (AvgIpc) is 2.37. The van der Waals surface area contributed by atoms with E-state index in [2.05, 4.69) is 4.90 Å². The molecule has 2 N–H and O–H groups in total. The molecule has 1 unspecified atom stereocenters. The minimum absolute atomic E-state index is 0.207. The SMILES string of the molecule is COc1ccc(F)cc1CCN1CCCC(N)C1. The van der Waals surface area contributed by atoms with E-state index in [1.54, 1.807) is 19.2 Å². The number of hydrogen-bond acceptors (Lipinski definition) is 3. The third kappa shape index (κ3) is 3.43. The molecule has 18 heavy (non-hydrogen) atoms. The van der Waals surface area contributed by atoms with Crippen molar-refractivity contribution in [2.24, 2.45) is 5.73 Å². The largest absolute Gasteiger partial charge is 0.496 e. The van der Waals surface area contributed by atoms with Crippen LogP contribution in [0.15, 0.2) is 18.2 Å². The highest BCUT2D eigenvalue weighted by molar-refractivity contribution is 5.34. The van der Waals surface area contributed by atoms with Crippen LogP contribution in [-0.2, 0) is 6.42 Å². The number of benzene rings is 1. The van der Waals surface area contributed by atoms with Gasteiger partial charge in [-0.3, -0.25) is 0 Å². The first-order valence-electron chi connectivity index (χ1n) is 6.49. The van der Waals surface area contributed by atoms with Gasteiger partial charge in [0.25, 0.3) is 0 Å². The molecular formula is C14H21FN2O. The normalized spacial score (nSPS) is 20.9. The predicted molar refractivity (Wildman–Crippen MR) is 70.3 cm³/mol. The van der Waals surface area contributed by atoms with Crippen LogP contribution in [0.2, 0.25) is 0 Å². The molecule has 0 radical (unpaired) electrons. The fourth-order valence-corrected chi connectivity index (χ4v) is 2.52. The molecule has 100 valence electrons. The van der Waals surface area contributed by atoms with E-state index in [9.17, 15) is 4.39 Å². The quantitative estimate of drug-likeness (QED) is 0.888. The molecule has 0 aromatic heterocycles. The number of halogens is 1. The molecule has 4 heteroatoms. The van der Waals surface area contributed by atoms with Crippen molar-refractivity contribution in [1.82, 2.24) is 4.90 Å². The number of piperidine rings is 1. The second kappa shape index (κ2) is 6.16. The molecule has 1 aliphatic heterocycles. The Bertz CT molecular complexity index is 397. The highest BCUT2D eigenvalue weighted by Crippen LogP contribution is 2.20. The van der Waals surface area contributed by atoms with E-state index < -0.39 is 0 Å². The van der Waals surface area contributed by atoms with Crippen LogP contribution in [0, 0.1) is 5.82 Å². The fourth-order valence-electron chi connectivity index (χ4n) is 2.52. The Labute approximate surface area is 108 Å². The van der Waals surface area contributed by atoms with Crippen LogP contribution < -0.4 is 10.5 Å². The van der Waals surface area contributed by atoms with Gasteiger partial charge in [0, 0.05) is 19.1 Å². The highest BCUT2D eigenvalue weighted by Gasteiger charge is 2.16. The van der Waals surface area contributed by atoms with Gasteiger partial charge in [0.05, 0.1) is 7.11 Å². The van der Waals surface area contributed by atoms with Crippen molar-refractivity contribution < 1.29 is 9.13 Å². The van der Waals surface area contributed by atoms with Gasteiger partial charge in [0.15, 0.2) is 0 Å². The minimum atomic E-state index is -0.207. The van der Waals surface area contributed by atoms with Crippen LogP contribution in [0.1, 0.15) is 18.4 Å². The molecule has 3 nitrogen and oxygen atoms in total. The number of methoxy groups -OCH3 is 1. The molecule has 0 amide bonds. The van der Waals surface area contributed by atoms with E-state index in [0.717, 1.165) is 50.2 Å². The van der Waals surface area contributed by atoms with Crippen molar-refractivity contribution in [3.8, 4) is 5.75 Å². The third-order valence-corrected chi connectivity index (χ3v) is 3.48. The molecule has 1 fully saturated rings. The number of hydrogen-bond donors (Lipinski definition) is 1. The van der Waals surface area contributed by atoms with Crippen LogP contribution in [-0.4, -0.2) is 37.7 Å². The summed E-state index contributed by atoms with van der Waals surface area (Å²) >= 11 is 0. The van der Waals surface area contributed by atoms with Gasteiger partial charge in [0.2, 0.25) is 0 Å². The van der Waals surface area contributed by atoms with Gasteiger partial charge >= 0.3 is 0 Å². The molecule has 1 aromatic carbocycles. The van der Waals surface area contributed by atoms with Crippen molar-refractivity contribution in [2.75, 3.05) is 26.7 Å². The second-order valence-electron chi connectivity index (χ2n) is 4.91. The van der Waals surface area contributed by atoms with Crippen LogP contribution in [0.5, 0.6) is 5.75 Å². The van der Waals surface area contributed by atoms with Crippen molar-refractivity contribution in [3.63, 3.8) is 0 Å². The summed E-state index contributed by atoms with van der Waals surface area (Å²) in [4.78, 5) is 2.35. The predicted octanol–water partition coefficient (Wildman–Crippen LogP) is 1.80. The second-order valence-corrected chi connectivity index (χ2v) is 4.91. The fraction of sp³-hybridized carbons (Fsp3) is 0.571. The maximum atomic E-state index is 13.2. The Morgan fingerprint density at radius 3 is 3.06 bits per heavy atom. The highest BCUT2D eigenvalue weighted by atomic mass is 19.1.